The van der Waals surface area contributed by atoms with Gasteiger partial charge in [0.25, 0.3) is 0 Å². The zero-order valence-electron chi connectivity index (χ0n) is 14.6. The molecule has 2 aromatic rings. The Labute approximate surface area is 144 Å². The third-order valence-electron chi connectivity index (χ3n) is 4.06. The van der Waals surface area contributed by atoms with Crippen molar-refractivity contribution in [3.05, 3.63) is 53.7 Å². The molecule has 4 nitrogen and oxygen atoms in total. The highest BCUT2D eigenvalue weighted by atomic mass is 16.3. The largest absolute Gasteiger partial charge is 0.447 e. The number of unbranched alkanes of at least 4 members (excludes halogenated alkanes) is 4. The number of amides is 1. The van der Waals surface area contributed by atoms with Crippen LogP contribution >= 0.6 is 0 Å². The van der Waals surface area contributed by atoms with Gasteiger partial charge in [-0.25, -0.2) is 4.98 Å². The van der Waals surface area contributed by atoms with Crippen LogP contribution in [0.4, 0.5) is 0 Å². The van der Waals surface area contributed by atoms with Gasteiger partial charge in [0.1, 0.15) is 6.26 Å². The zero-order chi connectivity index (χ0) is 17.0. The molecule has 24 heavy (non-hydrogen) atoms. The first-order valence-corrected chi connectivity index (χ1v) is 9.02. The van der Waals surface area contributed by atoms with E-state index in [0.29, 0.717) is 18.9 Å². The minimum absolute atomic E-state index is 0.0792. The van der Waals surface area contributed by atoms with Gasteiger partial charge in [0.2, 0.25) is 11.8 Å². The van der Waals surface area contributed by atoms with E-state index in [1.807, 2.05) is 18.2 Å². The number of aromatic nitrogens is 1. The normalized spacial score (nSPS) is 10.7. The second-order valence-electron chi connectivity index (χ2n) is 6.16. The van der Waals surface area contributed by atoms with E-state index in [4.69, 9.17) is 4.42 Å². The maximum atomic E-state index is 11.8. The lowest BCUT2D eigenvalue weighted by Crippen LogP contribution is -2.22. The van der Waals surface area contributed by atoms with Gasteiger partial charge in [0.05, 0.1) is 12.2 Å². The van der Waals surface area contributed by atoms with Crippen molar-refractivity contribution in [3.8, 4) is 0 Å². The van der Waals surface area contributed by atoms with E-state index in [1.165, 1.54) is 24.8 Å². The van der Waals surface area contributed by atoms with Crippen molar-refractivity contribution in [2.45, 2.75) is 64.8 Å². The van der Waals surface area contributed by atoms with Gasteiger partial charge in [0, 0.05) is 6.42 Å². The lowest BCUT2D eigenvalue weighted by molar-refractivity contribution is -0.121. The van der Waals surface area contributed by atoms with Crippen LogP contribution in [0.3, 0.4) is 0 Å². The second-order valence-corrected chi connectivity index (χ2v) is 6.16. The third kappa shape index (κ3) is 6.99. The molecule has 0 unspecified atom stereocenters. The van der Waals surface area contributed by atoms with E-state index in [2.05, 4.69) is 29.4 Å². The maximum Gasteiger partial charge on any atom is 0.220 e. The lowest BCUT2D eigenvalue weighted by atomic mass is 10.1. The summed E-state index contributed by atoms with van der Waals surface area (Å²) < 4.78 is 5.44. The first-order valence-electron chi connectivity index (χ1n) is 9.02. The molecular formula is C20H28N2O2. The van der Waals surface area contributed by atoms with Gasteiger partial charge in [-0.05, 0) is 24.8 Å². The number of carbonyl (C=O) groups excluding carboxylic acids is 1. The number of hydrogen-bond donors (Lipinski definition) is 1. The highest BCUT2D eigenvalue weighted by Crippen LogP contribution is 2.08. The highest BCUT2D eigenvalue weighted by Gasteiger charge is 2.07. The summed E-state index contributed by atoms with van der Waals surface area (Å²) in [5.74, 6) is 0.660. The number of nitrogens with one attached hydrogen (secondary N) is 1. The van der Waals surface area contributed by atoms with Gasteiger partial charge in [0.15, 0.2) is 0 Å². The quantitative estimate of drug-likeness (QED) is 0.621. The van der Waals surface area contributed by atoms with Crippen LogP contribution in [-0.2, 0) is 24.2 Å². The predicted molar refractivity (Wildman–Crippen MR) is 95.6 cm³/mol. The molecule has 4 heteroatoms. The molecule has 130 valence electrons. The van der Waals surface area contributed by atoms with Crippen LogP contribution in [0.2, 0.25) is 0 Å². The number of hydrogen-bond acceptors (Lipinski definition) is 3. The smallest absolute Gasteiger partial charge is 0.220 e. The van der Waals surface area contributed by atoms with Gasteiger partial charge in [-0.15, -0.1) is 0 Å². The van der Waals surface area contributed by atoms with Gasteiger partial charge < -0.3 is 9.73 Å². The van der Waals surface area contributed by atoms with Crippen molar-refractivity contribution < 1.29 is 9.21 Å². The minimum Gasteiger partial charge on any atom is -0.447 e. The van der Waals surface area contributed by atoms with Crippen LogP contribution in [0.25, 0.3) is 0 Å². The summed E-state index contributed by atoms with van der Waals surface area (Å²) >= 11 is 0. The molecule has 0 aliphatic carbocycles. The summed E-state index contributed by atoms with van der Waals surface area (Å²) in [5, 5.41) is 2.88. The minimum atomic E-state index is 0.0792. The molecule has 0 aliphatic heterocycles. The summed E-state index contributed by atoms with van der Waals surface area (Å²) in [6.07, 6.45) is 9.85. The molecule has 0 atom stereocenters. The van der Waals surface area contributed by atoms with Gasteiger partial charge in [-0.2, -0.15) is 0 Å². The van der Waals surface area contributed by atoms with Crippen LogP contribution in [-0.4, -0.2) is 10.9 Å². The van der Waals surface area contributed by atoms with Crippen LogP contribution in [0.15, 0.2) is 41.0 Å². The average molecular weight is 328 g/mol. The van der Waals surface area contributed by atoms with E-state index in [9.17, 15) is 4.79 Å². The summed E-state index contributed by atoms with van der Waals surface area (Å²) in [4.78, 5) is 16.2. The molecule has 1 N–H and O–H groups in total. The summed E-state index contributed by atoms with van der Waals surface area (Å²) in [7, 11) is 0. The fraction of sp³-hybridized carbons (Fsp3) is 0.500. The molecule has 0 saturated carbocycles. The van der Waals surface area contributed by atoms with Crippen molar-refractivity contribution in [1.29, 1.82) is 0 Å². The highest BCUT2D eigenvalue weighted by molar-refractivity contribution is 5.75. The number of benzene rings is 1. The maximum absolute atomic E-state index is 11.8. The van der Waals surface area contributed by atoms with Crippen molar-refractivity contribution >= 4 is 5.91 Å². The van der Waals surface area contributed by atoms with Crippen LogP contribution in [0.5, 0.6) is 0 Å². The molecule has 0 aliphatic rings. The molecule has 1 amide bonds. The standard InChI is InChI=1S/C20H28N2O2/c1-2-3-4-5-9-12-19(23)21-15-20-22-18(16-24-20)14-13-17-10-7-6-8-11-17/h6-8,10-11,16H,2-5,9,12-15H2,1H3,(H,21,23). The molecule has 0 spiro atoms. The Balaban J connectivity index is 1.63. The molecule has 1 aromatic carbocycles. The first-order chi connectivity index (χ1) is 11.8. The predicted octanol–water partition coefficient (Wildman–Crippen LogP) is 4.44. The summed E-state index contributed by atoms with van der Waals surface area (Å²) in [6, 6.07) is 10.3. The van der Waals surface area contributed by atoms with Crippen molar-refractivity contribution in [3.63, 3.8) is 0 Å². The van der Waals surface area contributed by atoms with Crippen LogP contribution in [0.1, 0.15) is 62.6 Å². The van der Waals surface area contributed by atoms with Crippen molar-refractivity contribution in [1.82, 2.24) is 10.3 Å². The fourth-order valence-corrected chi connectivity index (χ4v) is 2.61. The third-order valence-corrected chi connectivity index (χ3v) is 4.06. The molecule has 0 bridgehead atoms. The van der Waals surface area contributed by atoms with Gasteiger partial charge in [-0.3, -0.25) is 4.79 Å². The Morgan fingerprint density at radius 2 is 1.88 bits per heavy atom. The molecule has 1 heterocycles. The van der Waals surface area contributed by atoms with Gasteiger partial charge >= 0.3 is 0 Å². The summed E-state index contributed by atoms with van der Waals surface area (Å²) in [6.45, 7) is 2.57. The second kappa shape index (κ2) is 10.6. The van der Waals surface area contributed by atoms with E-state index < -0.39 is 0 Å². The number of oxazole rings is 1. The molecule has 0 radical (unpaired) electrons. The number of aryl methyl sites for hydroxylation is 2. The Morgan fingerprint density at radius 3 is 2.67 bits per heavy atom. The number of rotatable bonds is 11. The molecule has 0 saturated heterocycles. The Hall–Kier alpha value is -2.10. The number of carbonyl (C=O) groups is 1. The topological polar surface area (TPSA) is 55.1 Å². The number of nitrogens with zero attached hydrogens (tertiary/aromatic N) is 1. The zero-order valence-corrected chi connectivity index (χ0v) is 14.6. The SMILES string of the molecule is CCCCCCCC(=O)NCc1nc(CCc2ccccc2)co1. The van der Waals surface area contributed by atoms with E-state index >= 15 is 0 Å². The van der Waals surface area contributed by atoms with Crippen LogP contribution < -0.4 is 5.32 Å². The Kier molecular flexibility index (Phi) is 8.08. The Bertz CT molecular complexity index is 593. The van der Waals surface area contributed by atoms with Crippen molar-refractivity contribution in [2.75, 3.05) is 0 Å². The molecular weight excluding hydrogens is 300 g/mol. The molecule has 0 fully saturated rings. The first kappa shape index (κ1) is 18.2. The van der Waals surface area contributed by atoms with E-state index in [0.717, 1.165) is 31.4 Å². The lowest BCUT2D eigenvalue weighted by Gasteiger charge is -2.02. The van der Waals surface area contributed by atoms with E-state index in [-0.39, 0.29) is 5.91 Å². The molecule has 1 aromatic heterocycles. The van der Waals surface area contributed by atoms with Crippen molar-refractivity contribution in [2.24, 2.45) is 0 Å². The molecule has 2 rings (SSSR count). The fourth-order valence-electron chi connectivity index (χ4n) is 2.61. The average Bonchev–Trinajstić information content (AvgIpc) is 3.07. The monoisotopic (exact) mass is 328 g/mol. The van der Waals surface area contributed by atoms with Gasteiger partial charge in [-0.1, -0.05) is 62.9 Å². The summed E-state index contributed by atoms with van der Waals surface area (Å²) in [5.41, 5.74) is 2.22. The van der Waals surface area contributed by atoms with Crippen LogP contribution in [0, 0.1) is 0 Å². The van der Waals surface area contributed by atoms with E-state index in [1.54, 1.807) is 6.26 Å². The Morgan fingerprint density at radius 1 is 1.08 bits per heavy atom.